The van der Waals surface area contributed by atoms with E-state index < -0.39 is 0 Å². The lowest BCUT2D eigenvalue weighted by molar-refractivity contribution is -0.119. The number of fused-ring (bicyclic) bond motifs is 1. The Morgan fingerprint density at radius 3 is 2.74 bits per heavy atom. The number of hydrogen-bond donors (Lipinski definition) is 1. The summed E-state index contributed by atoms with van der Waals surface area (Å²) in [5.74, 6) is 0.546. The lowest BCUT2D eigenvalue weighted by Gasteiger charge is -2.31. The zero-order valence-corrected chi connectivity index (χ0v) is 11.7. The molecule has 0 atom stereocenters. The smallest absolute Gasteiger partial charge is 0.227 e. The molecule has 2 amide bonds. The van der Waals surface area contributed by atoms with E-state index in [1.807, 2.05) is 23.1 Å². The van der Waals surface area contributed by atoms with Crippen molar-refractivity contribution in [2.24, 2.45) is 5.92 Å². The first-order chi connectivity index (χ1) is 8.97. The van der Waals surface area contributed by atoms with Gasteiger partial charge >= 0.3 is 0 Å². The average Bonchev–Trinajstić information content (AvgIpc) is 2.31. The predicted octanol–water partition coefficient (Wildman–Crippen LogP) is 2.58. The number of carbonyl (C=O) groups is 2. The van der Waals surface area contributed by atoms with Gasteiger partial charge in [0.25, 0.3) is 0 Å². The molecule has 1 heterocycles. The first-order valence-corrected chi connectivity index (χ1v) is 6.68. The maximum Gasteiger partial charge on any atom is 0.227 e. The number of nitrogens with one attached hydrogen (secondary N) is 1. The monoisotopic (exact) mass is 260 g/mol. The average molecular weight is 260 g/mol. The summed E-state index contributed by atoms with van der Waals surface area (Å²) in [5, 5.41) is 2.78. The Hall–Kier alpha value is -1.84. The normalized spacial score (nSPS) is 14.5. The van der Waals surface area contributed by atoms with Gasteiger partial charge in [-0.2, -0.15) is 0 Å². The Morgan fingerprint density at radius 1 is 1.37 bits per heavy atom. The van der Waals surface area contributed by atoms with Gasteiger partial charge in [0.1, 0.15) is 0 Å². The molecule has 0 aliphatic carbocycles. The molecule has 1 aromatic rings. The molecule has 1 aliphatic rings. The fraction of sp³-hybridized carbons (Fsp3) is 0.467. The second-order valence-corrected chi connectivity index (χ2v) is 5.42. The third kappa shape index (κ3) is 3.13. The molecular weight excluding hydrogens is 240 g/mol. The minimum Gasteiger partial charge on any atom is -0.326 e. The molecule has 2 rings (SSSR count). The lowest BCUT2D eigenvalue weighted by atomic mass is 9.99. The molecule has 0 bridgehead atoms. The molecule has 0 fully saturated rings. The topological polar surface area (TPSA) is 49.4 Å². The molecule has 0 spiro atoms. The number of carbonyl (C=O) groups excluding carboxylic acids is 2. The van der Waals surface area contributed by atoms with Crippen molar-refractivity contribution in [3.63, 3.8) is 0 Å². The molecule has 1 N–H and O–H groups in total. The van der Waals surface area contributed by atoms with Crippen molar-refractivity contribution in [1.29, 1.82) is 0 Å². The van der Waals surface area contributed by atoms with Crippen LogP contribution in [0.25, 0.3) is 0 Å². The quantitative estimate of drug-likeness (QED) is 0.908. The van der Waals surface area contributed by atoms with Gasteiger partial charge in [0.2, 0.25) is 11.8 Å². The van der Waals surface area contributed by atoms with Crippen LogP contribution in [-0.2, 0) is 16.0 Å². The van der Waals surface area contributed by atoms with Gasteiger partial charge in [0, 0.05) is 31.3 Å². The maximum atomic E-state index is 12.0. The fourth-order valence-electron chi connectivity index (χ4n) is 2.41. The fourth-order valence-corrected chi connectivity index (χ4v) is 2.41. The third-order valence-electron chi connectivity index (χ3n) is 3.15. The highest BCUT2D eigenvalue weighted by Gasteiger charge is 2.24. The summed E-state index contributed by atoms with van der Waals surface area (Å²) < 4.78 is 0. The molecule has 0 saturated heterocycles. The first-order valence-electron chi connectivity index (χ1n) is 6.68. The SMILES string of the molecule is CC(=O)Nc1ccc2c(c1)CCC(=O)N2CC(C)C. The number of amides is 2. The summed E-state index contributed by atoms with van der Waals surface area (Å²) in [4.78, 5) is 24.9. The van der Waals surface area contributed by atoms with E-state index in [1.165, 1.54) is 6.92 Å². The maximum absolute atomic E-state index is 12.0. The second-order valence-electron chi connectivity index (χ2n) is 5.42. The van der Waals surface area contributed by atoms with Crippen LogP contribution in [0.2, 0.25) is 0 Å². The highest BCUT2D eigenvalue weighted by Crippen LogP contribution is 2.30. The van der Waals surface area contributed by atoms with Gasteiger partial charge in [-0.15, -0.1) is 0 Å². The zero-order valence-electron chi connectivity index (χ0n) is 11.7. The Labute approximate surface area is 113 Å². The Bertz CT molecular complexity index is 509. The van der Waals surface area contributed by atoms with Crippen LogP contribution in [0, 0.1) is 5.92 Å². The van der Waals surface area contributed by atoms with E-state index in [9.17, 15) is 9.59 Å². The molecular formula is C15H20N2O2. The highest BCUT2D eigenvalue weighted by molar-refractivity contribution is 5.97. The summed E-state index contributed by atoms with van der Waals surface area (Å²) in [6.45, 7) is 6.44. The predicted molar refractivity (Wildman–Crippen MR) is 76.3 cm³/mol. The van der Waals surface area contributed by atoms with Crippen molar-refractivity contribution in [1.82, 2.24) is 0 Å². The summed E-state index contributed by atoms with van der Waals surface area (Å²) in [6, 6.07) is 5.75. The molecule has 19 heavy (non-hydrogen) atoms. The van der Waals surface area contributed by atoms with Crippen molar-refractivity contribution in [3.05, 3.63) is 23.8 Å². The van der Waals surface area contributed by atoms with Gasteiger partial charge in [-0.25, -0.2) is 0 Å². The zero-order chi connectivity index (χ0) is 14.0. The van der Waals surface area contributed by atoms with E-state index in [0.717, 1.165) is 29.9 Å². The highest BCUT2D eigenvalue weighted by atomic mass is 16.2. The number of nitrogens with zero attached hydrogens (tertiary/aromatic N) is 1. The van der Waals surface area contributed by atoms with Crippen molar-refractivity contribution in [3.8, 4) is 0 Å². The lowest BCUT2D eigenvalue weighted by Crippen LogP contribution is -2.37. The minimum atomic E-state index is -0.0779. The van der Waals surface area contributed by atoms with Crippen LogP contribution in [0.4, 0.5) is 11.4 Å². The van der Waals surface area contributed by atoms with Gasteiger partial charge in [0.15, 0.2) is 0 Å². The van der Waals surface area contributed by atoms with Crippen LogP contribution in [0.15, 0.2) is 18.2 Å². The molecule has 102 valence electrons. The van der Waals surface area contributed by atoms with Gasteiger partial charge in [-0.05, 0) is 36.1 Å². The summed E-state index contributed by atoms with van der Waals surface area (Å²) in [6.07, 6.45) is 1.29. The molecule has 4 nitrogen and oxygen atoms in total. The number of benzene rings is 1. The molecule has 1 aliphatic heterocycles. The summed E-state index contributed by atoms with van der Waals surface area (Å²) in [5.41, 5.74) is 2.91. The largest absolute Gasteiger partial charge is 0.326 e. The van der Waals surface area contributed by atoms with Crippen molar-refractivity contribution in [2.75, 3.05) is 16.8 Å². The van der Waals surface area contributed by atoms with E-state index in [1.54, 1.807) is 0 Å². The number of hydrogen-bond acceptors (Lipinski definition) is 2. The van der Waals surface area contributed by atoms with Crippen LogP contribution >= 0.6 is 0 Å². The van der Waals surface area contributed by atoms with Crippen LogP contribution in [0.5, 0.6) is 0 Å². The third-order valence-corrected chi connectivity index (χ3v) is 3.15. The first kappa shape index (κ1) is 13.6. The van der Waals surface area contributed by atoms with Gasteiger partial charge in [-0.1, -0.05) is 13.8 Å². The molecule has 0 aromatic heterocycles. The van der Waals surface area contributed by atoms with E-state index >= 15 is 0 Å². The molecule has 0 radical (unpaired) electrons. The van der Waals surface area contributed by atoms with Crippen LogP contribution < -0.4 is 10.2 Å². The number of aryl methyl sites for hydroxylation is 1. The molecule has 1 aromatic carbocycles. The van der Waals surface area contributed by atoms with E-state index in [2.05, 4.69) is 19.2 Å². The summed E-state index contributed by atoms with van der Waals surface area (Å²) >= 11 is 0. The van der Waals surface area contributed by atoms with Crippen molar-refractivity contribution in [2.45, 2.75) is 33.6 Å². The Morgan fingerprint density at radius 2 is 2.11 bits per heavy atom. The van der Waals surface area contributed by atoms with Gasteiger partial charge in [-0.3, -0.25) is 9.59 Å². The van der Waals surface area contributed by atoms with Crippen molar-refractivity contribution < 1.29 is 9.59 Å². The van der Waals surface area contributed by atoms with E-state index in [0.29, 0.717) is 12.3 Å². The Kier molecular flexibility index (Phi) is 3.88. The molecule has 4 heteroatoms. The second kappa shape index (κ2) is 5.43. The van der Waals surface area contributed by atoms with Crippen LogP contribution in [0.3, 0.4) is 0 Å². The molecule has 0 saturated carbocycles. The Balaban J connectivity index is 2.30. The standard InChI is InChI=1S/C15H20N2O2/c1-10(2)9-17-14-6-5-13(16-11(3)18)8-12(14)4-7-15(17)19/h5-6,8,10H,4,7,9H2,1-3H3,(H,16,18). The van der Waals surface area contributed by atoms with E-state index in [4.69, 9.17) is 0 Å². The van der Waals surface area contributed by atoms with Crippen LogP contribution in [0.1, 0.15) is 32.8 Å². The van der Waals surface area contributed by atoms with Crippen molar-refractivity contribution >= 4 is 23.2 Å². The van der Waals surface area contributed by atoms with Gasteiger partial charge in [0.05, 0.1) is 0 Å². The molecule has 0 unspecified atom stereocenters. The summed E-state index contributed by atoms with van der Waals surface area (Å²) in [7, 11) is 0. The number of anilines is 2. The number of rotatable bonds is 3. The van der Waals surface area contributed by atoms with Crippen LogP contribution in [-0.4, -0.2) is 18.4 Å². The minimum absolute atomic E-state index is 0.0779. The van der Waals surface area contributed by atoms with Gasteiger partial charge < -0.3 is 10.2 Å². The van der Waals surface area contributed by atoms with E-state index in [-0.39, 0.29) is 11.8 Å².